The third kappa shape index (κ3) is 3.77. The molecule has 0 spiro atoms. The van der Waals surface area contributed by atoms with E-state index in [1.54, 1.807) is 30.3 Å². The van der Waals surface area contributed by atoms with E-state index in [1.807, 2.05) is 5.38 Å². The van der Waals surface area contributed by atoms with Crippen LogP contribution in [0.15, 0.2) is 35.7 Å². The summed E-state index contributed by atoms with van der Waals surface area (Å²) in [5, 5.41) is 17.2. The van der Waals surface area contributed by atoms with Gasteiger partial charge < -0.3 is 5.32 Å². The minimum Gasteiger partial charge on any atom is -0.320 e. The van der Waals surface area contributed by atoms with Gasteiger partial charge in [-0.1, -0.05) is 29.0 Å². The second-order valence-electron chi connectivity index (χ2n) is 5.80. The summed E-state index contributed by atoms with van der Waals surface area (Å²) in [5.74, 6) is -0.0998. The first kappa shape index (κ1) is 17.1. The van der Waals surface area contributed by atoms with E-state index in [9.17, 15) is 9.59 Å². The highest BCUT2D eigenvalue weighted by molar-refractivity contribution is 7.15. The van der Waals surface area contributed by atoms with Crippen LogP contribution in [0.3, 0.4) is 0 Å². The normalized spacial score (nSPS) is 13.4. The predicted octanol–water partition coefficient (Wildman–Crippen LogP) is 4.64. The van der Waals surface area contributed by atoms with E-state index in [1.165, 1.54) is 22.7 Å². The van der Waals surface area contributed by atoms with Crippen LogP contribution in [-0.2, 0) is 0 Å². The summed E-state index contributed by atoms with van der Waals surface area (Å²) in [6.07, 6.45) is 2.26. The van der Waals surface area contributed by atoms with Crippen LogP contribution in [0.1, 0.15) is 43.8 Å². The molecule has 9 heteroatoms. The van der Waals surface area contributed by atoms with Crippen LogP contribution in [0.2, 0.25) is 5.02 Å². The van der Waals surface area contributed by atoms with Crippen LogP contribution < -0.4 is 10.6 Å². The van der Waals surface area contributed by atoms with Gasteiger partial charge in [0.15, 0.2) is 0 Å². The van der Waals surface area contributed by atoms with Crippen molar-refractivity contribution >= 4 is 56.9 Å². The fourth-order valence-electron chi connectivity index (χ4n) is 2.30. The van der Waals surface area contributed by atoms with Crippen LogP contribution in [0, 0.1) is 0 Å². The Morgan fingerprint density at radius 2 is 1.96 bits per heavy atom. The zero-order chi connectivity index (χ0) is 18.1. The second-order valence-corrected chi connectivity index (χ2v) is 8.16. The zero-order valence-corrected chi connectivity index (χ0v) is 15.7. The number of thiophene rings is 1. The molecule has 2 aromatic heterocycles. The van der Waals surface area contributed by atoms with Gasteiger partial charge >= 0.3 is 0 Å². The molecule has 0 unspecified atom stereocenters. The molecular formula is C17H13ClN4O2S2. The number of rotatable bonds is 5. The largest absolute Gasteiger partial charge is 0.320 e. The third-order valence-corrected chi connectivity index (χ3v) is 6.01. The molecule has 1 aliphatic rings. The van der Waals surface area contributed by atoms with Gasteiger partial charge in [0, 0.05) is 11.5 Å². The molecule has 0 atom stereocenters. The van der Waals surface area contributed by atoms with Crippen molar-refractivity contribution in [2.24, 2.45) is 0 Å². The quantitative estimate of drug-likeness (QED) is 0.649. The van der Waals surface area contributed by atoms with Gasteiger partial charge in [-0.2, -0.15) is 0 Å². The van der Waals surface area contributed by atoms with Crippen LogP contribution >= 0.6 is 34.3 Å². The van der Waals surface area contributed by atoms with Crippen LogP contribution in [-0.4, -0.2) is 22.0 Å². The number of nitrogens with zero attached hydrogens (tertiary/aromatic N) is 2. The Morgan fingerprint density at radius 1 is 1.12 bits per heavy atom. The number of anilines is 2. The number of nitrogens with one attached hydrogen (secondary N) is 2. The van der Waals surface area contributed by atoms with E-state index in [0.717, 1.165) is 17.8 Å². The van der Waals surface area contributed by atoms with Crippen molar-refractivity contribution in [3.8, 4) is 0 Å². The van der Waals surface area contributed by atoms with Gasteiger partial charge in [0.1, 0.15) is 5.01 Å². The molecular weight excluding hydrogens is 392 g/mol. The van der Waals surface area contributed by atoms with Crippen LogP contribution in [0.25, 0.3) is 0 Å². The van der Waals surface area contributed by atoms with Crippen molar-refractivity contribution in [2.45, 2.75) is 18.8 Å². The summed E-state index contributed by atoms with van der Waals surface area (Å²) in [6.45, 7) is 0. The number of halogens is 1. The van der Waals surface area contributed by atoms with E-state index < -0.39 is 0 Å². The van der Waals surface area contributed by atoms with E-state index in [-0.39, 0.29) is 11.8 Å². The molecule has 2 heterocycles. The molecule has 26 heavy (non-hydrogen) atoms. The second kappa shape index (κ2) is 7.14. The number of carbonyl (C=O) groups excluding carboxylic acids is 2. The lowest BCUT2D eigenvalue weighted by Crippen LogP contribution is -2.14. The highest BCUT2D eigenvalue weighted by atomic mass is 35.5. The standard InChI is InChI=1S/C17H13ClN4O2S2/c18-11-6-5-10(8-12(11)19-15(24)13-2-1-7-25-13)14(23)20-17-22-21-16(26-17)9-3-4-9/h1-2,5-9H,3-4H2,(H,19,24)(H,20,22,23). The van der Waals surface area contributed by atoms with Gasteiger partial charge in [0.2, 0.25) is 5.13 Å². The van der Waals surface area contributed by atoms with E-state index in [4.69, 9.17) is 11.6 Å². The molecule has 1 saturated carbocycles. The van der Waals surface area contributed by atoms with Gasteiger partial charge in [-0.05, 0) is 42.5 Å². The Bertz CT molecular complexity index is 967. The van der Waals surface area contributed by atoms with Gasteiger partial charge in [-0.15, -0.1) is 21.5 Å². The van der Waals surface area contributed by atoms with Gasteiger partial charge in [-0.3, -0.25) is 14.9 Å². The fourth-order valence-corrected chi connectivity index (χ4v) is 3.99. The first-order valence-corrected chi connectivity index (χ1v) is 9.97. The van der Waals surface area contributed by atoms with Crippen molar-refractivity contribution < 1.29 is 9.59 Å². The van der Waals surface area contributed by atoms with Crippen LogP contribution in [0.5, 0.6) is 0 Å². The fraction of sp³-hybridized carbons (Fsp3) is 0.176. The summed E-state index contributed by atoms with van der Waals surface area (Å²) in [4.78, 5) is 25.2. The molecule has 2 N–H and O–H groups in total. The summed E-state index contributed by atoms with van der Waals surface area (Å²) in [6, 6.07) is 8.24. The average Bonchev–Trinajstić information content (AvgIpc) is 3.13. The number of hydrogen-bond donors (Lipinski definition) is 2. The van der Waals surface area contributed by atoms with E-state index in [2.05, 4.69) is 20.8 Å². The molecule has 1 aliphatic carbocycles. The maximum atomic E-state index is 12.5. The zero-order valence-electron chi connectivity index (χ0n) is 13.4. The van der Waals surface area contributed by atoms with Gasteiger partial charge in [-0.25, -0.2) is 0 Å². The molecule has 1 fully saturated rings. The summed E-state index contributed by atoms with van der Waals surface area (Å²) in [7, 11) is 0. The molecule has 0 aliphatic heterocycles. The predicted molar refractivity (Wildman–Crippen MR) is 104 cm³/mol. The monoisotopic (exact) mass is 404 g/mol. The Kier molecular flexibility index (Phi) is 4.71. The minimum absolute atomic E-state index is 0.266. The number of benzene rings is 1. The lowest BCUT2D eigenvalue weighted by Gasteiger charge is -2.08. The highest BCUT2D eigenvalue weighted by Gasteiger charge is 2.27. The Labute approximate surface area is 162 Å². The molecule has 0 bridgehead atoms. The summed E-state index contributed by atoms with van der Waals surface area (Å²) < 4.78 is 0. The number of amides is 2. The maximum Gasteiger partial charge on any atom is 0.265 e. The van der Waals surface area contributed by atoms with Crippen molar-refractivity contribution in [1.82, 2.24) is 10.2 Å². The first-order chi connectivity index (χ1) is 12.6. The summed E-state index contributed by atoms with van der Waals surface area (Å²) >= 11 is 8.87. The molecule has 2 amide bonds. The first-order valence-electron chi connectivity index (χ1n) is 7.89. The van der Waals surface area contributed by atoms with Gasteiger partial charge in [0.05, 0.1) is 15.6 Å². The minimum atomic E-state index is -0.327. The third-order valence-electron chi connectivity index (χ3n) is 3.81. The number of hydrogen-bond acceptors (Lipinski definition) is 6. The molecule has 132 valence electrons. The van der Waals surface area contributed by atoms with Crippen molar-refractivity contribution in [3.05, 3.63) is 56.2 Å². The van der Waals surface area contributed by atoms with Crippen molar-refractivity contribution in [2.75, 3.05) is 10.6 Å². The number of carbonyl (C=O) groups is 2. The lowest BCUT2D eigenvalue weighted by atomic mass is 10.2. The number of aromatic nitrogens is 2. The maximum absolute atomic E-state index is 12.5. The Balaban J connectivity index is 1.48. The Hall–Kier alpha value is -2.29. The molecule has 6 nitrogen and oxygen atoms in total. The topological polar surface area (TPSA) is 84.0 Å². The summed E-state index contributed by atoms with van der Waals surface area (Å²) in [5.41, 5.74) is 0.757. The average molecular weight is 405 g/mol. The van der Waals surface area contributed by atoms with Crippen LogP contribution in [0.4, 0.5) is 10.8 Å². The highest BCUT2D eigenvalue weighted by Crippen LogP contribution is 2.42. The lowest BCUT2D eigenvalue weighted by molar-refractivity contribution is 0.101. The molecule has 0 radical (unpaired) electrons. The van der Waals surface area contributed by atoms with Crippen molar-refractivity contribution in [3.63, 3.8) is 0 Å². The SMILES string of the molecule is O=C(Nc1nnc(C2CC2)s1)c1ccc(Cl)c(NC(=O)c2cccs2)c1. The van der Waals surface area contributed by atoms with E-state index in [0.29, 0.717) is 32.2 Å². The van der Waals surface area contributed by atoms with Gasteiger partial charge in [0.25, 0.3) is 11.8 Å². The van der Waals surface area contributed by atoms with Crippen molar-refractivity contribution in [1.29, 1.82) is 0 Å². The smallest absolute Gasteiger partial charge is 0.265 e. The molecule has 3 aromatic rings. The van der Waals surface area contributed by atoms with E-state index >= 15 is 0 Å². The molecule has 4 rings (SSSR count). The molecule has 1 aromatic carbocycles. The molecule has 0 saturated heterocycles. The Morgan fingerprint density at radius 3 is 2.69 bits per heavy atom.